The molecule has 7 nitrogen and oxygen atoms in total. The lowest BCUT2D eigenvalue weighted by atomic mass is 10.2. The van der Waals surface area contributed by atoms with Crippen molar-refractivity contribution in [3.63, 3.8) is 0 Å². The van der Waals surface area contributed by atoms with E-state index >= 15 is 0 Å². The molecular weight excluding hydrogens is 331 g/mol. The Kier molecular flexibility index (Phi) is 4.58. The number of anilines is 2. The van der Waals surface area contributed by atoms with Gasteiger partial charge in [0.1, 0.15) is 5.75 Å². The summed E-state index contributed by atoms with van der Waals surface area (Å²) in [7, 11) is 0. The molecule has 0 saturated heterocycles. The number of amides is 2. The van der Waals surface area contributed by atoms with Gasteiger partial charge in [0.25, 0.3) is 5.69 Å². The number of alkyl halides is 3. The number of hydrogen-bond donors (Lipinski definition) is 3. The van der Waals surface area contributed by atoms with E-state index in [1.165, 1.54) is 6.07 Å². The summed E-state index contributed by atoms with van der Waals surface area (Å²) >= 11 is 0. The van der Waals surface area contributed by atoms with E-state index in [0.717, 1.165) is 36.4 Å². The largest absolute Gasteiger partial charge is 0.506 e. The fourth-order valence-corrected chi connectivity index (χ4v) is 1.80. The zero-order valence-corrected chi connectivity index (χ0v) is 11.8. The Hall–Kier alpha value is -3.30. The fourth-order valence-electron chi connectivity index (χ4n) is 1.80. The molecule has 0 aromatic heterocycles. The zero-order chi connectivity index (χ0) is 17.9. The molecule has 24 heavy (non-hydrogen) atoms. The minimum Gasteiger partial charge on any atom is -0.506 e. The van der Waals surface area contributed by atoms with Gasteiger partial charge >= 0.3 is 12.2 Å². The first kappa shape index (κ1) is 17.1. The number of benzene rings is 2. The van der Waals surface area contributed by atoms with Crippen LogP contribution >= 0.6 is 0 Å². The molecule has 0 heterocycles. The number of rotatable bonds is 3. The first-order valence-corrected chi connectivity index (χ1v) is 6.39. The lowest BCUT2D eigenvalue weighted by Crippen LogP contribution is -2.20. The number of nitrogens with zero attached hydrogens (tertiary/aromatic N) is 1. The van der Waals surface area contributed by atoms with Gasteiger partial charge in [-0.15, -0.1) is 0 Å². The highest BCUT2D eigenvalue weighted by Crippen LogP contribution is 2.31. The van der Waals surface area contributed by atoms with Gasteiger partial charge < -0.3 is 15.7 Å². The standard InChI is InChI=1S/C14H10F3N3O4/c15-14(16,17)8-2-1-3-9(6-8)18-13(22)19-11-7-10(20(23)24)4-5-12(11)21/h1-7,21H,(H2,18,19,22). The number of nitro groups is 1. The predicted octanol–water partition coefficient (Wildman–Crippen LogP) is 3.96. The van der Waals surface area contributed by atoms with Crippen LogP contribution in [0.15, 0.2) is 42.5 Å². The maximum Gasteiger partial charge on any atom is 0.416 e. The summed E-state index contributed by atoms with van der Waals surface area (Å²) in [5, 5.41) is 24.5. The number of nitrogens with one attached hydrogen (secondary N) is 2. The van der Waals surface area contributed by atoms with Crippen molar-refractivity contribution in [1.82, 2.24) is 0 Å². The monoisotopic (exact) mass is 341 g/mol. The van der Waals surface area contributed by atoms with Crippen molar-refractivity contribution in [3.8, 4) is 5.75 Å². The number of nitro benzene ring substituents is 1. The third kappa shape index (κ3) is 4.12. The first-order chi connectivity index (χ1) is 11.2. The third-order valence-electron chi connectivity index (χ3n) is 2.89. The predicted molar refractivity (Wildman–Crippen MR) is 78.8 cm³/mol. The van der Waals surface area contributed by atoms with Crippen LogP contribution in [0.3, 0.4) is 0 Å². The Labute approximate surface area is 132 Å². The zero-order valence-electron chi connectivity index (χ0n) is 11.8. The van der Waals surface area contributed by atoms with E-state index in [-0.39, 0.29) is 17.1 Å². The minimum atomic E-state index is -4.56. The van der Waals surface area contributed by atoms with Crippen LogP contribution in [0.1, 0.15) is 5.56 Å². The van der Waals surface area contributed by atoms with Crippen molar-refractivity contribution >= 4 is 23.1 Å². The lowest BCUT2D eigenvalue weighted by molar-refractivity contribution is -0.384. The van der Waals surface area contributed by atoms with E-state index in [1.807, 2.05) is 0 Å². The van der Waals surface area contributed by atoms with E-state index in [1.54, 1.807) is 0 Å². The summed E-state index contributed by atoms with van der Waals surface area (Å²) in [5.41, 5.74) is -1.71. The van der Waals surface area contributed by atoms with Gasteiger partial charge in [0.15, 0.2) is 0 Å². The smallest absolute Gasteiger partial charge is 0.416 e. The van der Waals surface area contributed by atoms with Crippen molar-refractivity contribution in [2.75, 3.05) is 10.6 Å². The molecule has 0 spiro atoms. The van der Waals surface area contributed by atoms with Crippen molar-refractivity contribution in [1.29, 1.82) is 0 Å². The molecular formula is C14H10F3N3O4. The first-order valence-electron chi connectivity index (χ1n) is 6.39. The molecule has 10 heteroatoms. The van der Waals surface area contributed by atoms with Gasteiger partial charge in [-0.25, -0.2) is 4.79 Å². The van der Waals surface area contributed by atoms with Gasteiger partial charge in [-0.1, -0.05) is 6.07 Å². The molecule has 0 atom stereocenters. The molecule has 2 rings (SSSR count). The van der Waals surface area contributed by atoms with Gasteiger partial charge in [-0.05, 0) is 24.3 Å². The normalized spacial score (nSPS) is 11.0. The third-order valence-corrected chi connectivity index (χ3v) is 2.89. The molecule has 0 radical (unpaired) electrons. The maximum absolute atomic E-state index is 12.6. The van der Waals surface area contributed by atoms with Crippen molar-refractivity contribution in [3.05, 3.63) is 58.1 Å². The second kappa shape index (κ2) is 6.44. The second-order valence-electron chi connectivity index (χ2n) is 4.62. The number of halogens is 3. The highest BCUT2D eigenvalue weighted by molar-refractivity contribution is 6.00. The molecule has 0 saturated carbocycles. The molecule has 126 valence electrons. The van der Waals surface area contributed by atoms with E-state index in [9.17, 15) is 33.2 Å². The van der Waals surface area contributed by atoms with Crippen LogP contribution in [-0.4, -0.2) is 16.1 Å². The summed E-state index contributed by atoms with van der Waals surface area (Å²) in [6.45, 7) is 0. The Morgan fingerprint density at radius 2 is 1.83 bits per heavy atom. The molecule has 0 aliphatic carbocycles. The lowest BCUT2D eigenvalue weighted by Gasteiger charge is -2.11. The van der Waals surface area contributed by atoms with E-state index < -0.39 is 28.4 Å². The van der Waals surface area contributed by atoms with E-state index in [4.69, 9.17) is 0 Å². The molecule has 3 N–H and O–H groups in total. The van der Waals surface area contributed by atoms with Crippen molar-refractivity contribution in [2.24, 2.45) is 0 Å². The Morgan fingerprint density at radius 1 is 1.12 bits per heavy atom. The summed E-state index contributed by atoms with van der Waals surface area (Å²) in [6, 6.07) is 5.92. The van der Waals surface area contributed by atoms with Crippen LogP contribution in [0, 0.1) is 10.1 Å². The van der Waals surface area contributed by atoms with Gasteiger partial charge in [0.05, 0.1) is 16.2 Å². The van der Waals surface area contributed by atoms with Gasteiger partial charge in [0, 0.05) is 17.8 Å². The highest BCUT2D eigenvalue weighted by atomic mass is 19.4. The topological polar surface area (TPSA) is 104 Å². The van der Waals surface area contributed by atoms with Gasteiger partial charge in [0.2, 0.25) is 0 Å². The Morgan fingerprint density at radius 3 is 2.46 bits per heavy atom. The van der Waals surface area contributed by atoms with Gasteiger partial charge in [-0.3, -0.25) is 10.1 Å². The Bertz CT molecular complexity index is 793. The fraction of sp³-hybridized carbons (Fsp3) is 0.0714. The van der Waals surface area contributed by atoms with Crippen LogP contribution < -0.4 is 10.6 Å². The molecule has 0 fully saturated rings. The number of hydrogen-bond acceptors (Lipinski definition) is 4. The quantitative estimate of drug-likeness (QED) is 0.446. The number of phenols is 1. The van der Waals surface area contributed by atoms with Gasteiger partial charge in [-0.2, -0.15) is 13.2 Å². The molecule has 0 bridgehead atoms. The molecule has 0 aliphatic rings. The summed E-state index contributed by atoms with van der Waals surface area (Å²) in [6.07, 6.45) is -4.56. The number of urea groups is 1. The molecule has 0 unspecified atom stereocenters. The van der Waals surface area contributed by atoms with Crippen molar-refractivity contribution in [2.45, 2.75) is 6.18 Å². The minimum absolute atomic E-state index is 0.132. The Balaban J connectivity index is 2.14. The average molecular weight is 341 g/mol. The summed E-state index contributed by atoms with van der Waals surface area (Å²) in [4.78, 5) is 21.7. The maximum atomic E-state index is 12.6. The van der Waals surface area contributed by atoms with Crippen LogP contribution in [0.4, 0.5) is 35.0 Å². The second-order valence-corrected chi connectivity index (χ2v) is 4.62. The molecule has 0 aliphatic heterocycles. The average Bonchev–Trinajstić information content (AvgIpc) is 2.48. The summed E-state index contributed by atoms with van der Waals surface area (Å²) in [5.74, 6) is -0.431. The highest BCUT2D eigenvalue weighted by Gasteiger charge is 2.30. The number of non-ortho nitro benzene ring substituents is 1. The summed E-state index contributed by atoms with van der Waals surface area (Å²) < 4.78 is 37.8. The number of phenolic OH excluding ortho intramolecular Hbond substituents is 1. The van der Waals surface area contributed by atoms with Crippen LogP contribution in [0.25, 0.3) is 0 Å². The molecule has 2 amide bonds. The number of aromatic hydroxyl groups is 1. The number of carbonyl (C=O) groups excluding carboxylic acids is 1. The molecule has 2 aromatic rings. The van der Waals surface area contributed by atoms with E-state index in [0.29, 0.717) is 0 Å². The van der Waals surface area contributed by atoms with Crippen LogP contribution in [0.2, 0.25) is 0 Å². The van der Waals surface area contributed by atoms with Crippen LogP contribution in [0.5, 0.6) is 5.75 Å². The molecule has 2 aromatic carbocycles. The SMILES string of the molecule is O=C(Nc1cccc(C(F)(F)F)c1)Nc1cc([N+](=O)[O-])ccc1O. The number of carbonyl (C=O) groups is 1. The van der Waals surface area contributed by atoms with E-state index in [2.05, 4.69) is 10.6 Å². The van der Waals surface area contributed by atoms with Crippen LogP contribution in [-0.2, 0) is 6.18 Å². The van der Waals surface area contributed by atoms with Crippen molar-refractivity contribution < 1.29 is 28.0 Å².